The van der Waals surface area contributed by atoms with Crippen LogP contribution in [-0.2, 0) is 21.2 Å². The Labute approximate surface area is 160 Å². The molecule has 0 radical (unpaired) electrons. The number of benzene rings is 2. The van der Waals surface area contributed by atoms with Crippen LogP contribution in [0, 0.1) is 5.41 Å². The zero-order valence-electron chi connectivity index (χ0n) is 15.8. The number of halogens is 1. The highest BCUT2D eigenvalue weighted by Crippen LogP contribution is 2.22. The fourth-order valence-electron chi connectivity index (χ4n) is 2.32. The second kappa shape index (κ2) is 8.52. The van der Waals surface area contributed by atoms with E-state index in [1.165, 1.54) is 13.8 Å². The highest BCUT2D eigenvalue weighted by molar-refractivity contribution is 7.92. The van der Waals surface area contributed by atoms with Crippen LogP contribution >= 0.6 is 0 Å². The molecule has 0 spiro atoms. The maximum atomic E-state index is 12.9. The summed E-state index contributed by atoms with van der Waals surface area (Å²) in [5.41, 5.74) is 0.807. The standard InChI is InChI=1S/C20H25FN2O3S/c1-4-5-15-6-12-18(13-7-15)27(25,26)23-17-10-8-16(9-11-17)22-19(24)20(2,3)14-21/h6-13,23H,4-5,14H2,1-3H3,(H,22,24). The predicted octanol–water partition coefficient (Wildman–Crippen LogP) is 4.37. The minimum Gasteiger partial charge on any atom is -0.326 e. The molecule has 0 aliphatic heterocycles. The van der Waals surface area contributed by atoms with Crippen molar-refractivity contribution in [1.29, 1.82) is 0 Å². The van der Waals surface area contributed by atoms with Crippen LogP contribution < -0.4 is 10.0 Å². The van der Waals surface area contributed by atoms with Gasteiger partial charge >= 0.3 is 0 Å². The van der Waals surface area contributed by atoms with Crippen LogP contribution in [0.1, 0.15) is 32.8 Å². The van der Waals surface area contributed by atoms with E-state index in [0.717, 1.165) is 18.4 Å². The second-order valence-corrected chi connectivity index (χ2v) is 8.73. The third-order valence-electron chi connectivity index (χ3n) is 4.12. The number of aryl methyl sites for hydroxylation is 1. The minimum absolute atomic E-state index is 0.185. The molecule has 146 valence electrons. The van der Waals surface area contributed by atoms with Gasteiger partial charge < -0.3 is 5.32 Å². The fraction of sp³-hybridized carbons (Fsp3) is 0.350. The summed E-state index contributed by atoms with van der Waals surface area (Å²) in [5.74, 6) is -0.439. The molecule has 0 heterocycles. The maximum absolute atomic E-state index is 12.9. The van der Waals surface area contributed by atoms with E-state index >= 15 is 0 Å². The molecule has 2 aromatic rings. The van der Waals surface area contributed by atoms with Gasteiger partial charge in [-0.1, -0.05) is 25.5 Å². The maximum Gasteiger partial charge on any atom is 0.261 e. The van der Waals surface area contributed by atoms with Crippen molar-refractivity contribution < 1.29 is 17.6 Å². The molecule has 5 nitrogen and oxygen atoms in total. The van der Waals surface area contributed by atoms with Gasteiger partial charge in [0.15, 0.2) is 0 Å². The van der Waals surface area contributed by atoms with Gasteiger partial charge in [0.2, 0.25) is 5.91 Å². The third kappa shape index (κ3) is 5.53. The van der Waals surface area contributed by atoms with Crippen LogP contribution in [0.2, 0.25) is 0 Å². The summed E-state index contributed by atoms with van der Waals surface area (Å²) in [7, 11) is -3.70. The average Bonchev–Trinajstić information content (AvgIpc) is 2.64. The smallest absolute Gasteiger partial charge is 0.261 e. The third-order valence-corrected chi connectivity index (χ3v) is 5.51. The summed E-state index contributed by atoms with van der Waals surface area (Å²) in [6, 6.07) is 13.0. The quantitative estimate of drug-likeness (QED) is 0.700. The van der Waals surface area contributed by atoms with Crippen molar-refractivity contribution in [2.45, 2.75) is 38.5 Å². The molecule has 2 rings (SSSR count). The van der Waals surface area contributed by atoms with Crippen molar-refractivity contribution in [3.8, 4) is 0 Å². The Morgan fingerprint density at radius 3 is 2.07 bits per heavy atom. The van der Waals surface area contributed by atoms with Gasteiger partial charge in [0.05, 0.1) is 10.3 Å². The number of sulfonamides is 1. The Balaban J connectivity index is 2.07. The van der Waals surface area contributed by atoms with Crippen molar-refractivity contribution >= 4 is 27.3 Å². The molecule has 0 aromatic heterocycles. The van der Waals surface area contributed by atoms with Crippen LogP contribution in [0.4, 0.5) is 15.8 Å². The van der Waals surface area contributed by atoms with Crippen LogP contribution in [0.15, 0.2) is 53.4 Å². The lowest BCUT2D eigenvalue weighted by Gasteiger charge is -2.19. The number of anilines is 2. The zero-order valence-corrected chi connectivity index (χ0v) is 16.6. The Bertz CT molecular complexity index is 876. The number of rotatable bonds is 8. The van der Waals surface area contributed by atoms with Gasteiger partial charge in [0.25, 0.3) is 10.0 Å². The topological polar surface area (TPSA) is 75.3 Å². The normalized spacial score (nSPS) is 11.9. The molecule has 0 aliphatic carbocycles. The lowest BCUT2D eigenvalue weighted by Crippen LogP contribution is -2.32. The number of carbonyl (C=O) groups is 1. The molecule has 2 aromatic carbocycles. The highest BCUT2D eigenvalue weighted by Gasteiger charge is 2.27. The SMILES string of the molecule is CCCc1ccc(S(=O)(=O)Nc2ccc(NC(=O)C(C)(C)CF)cc2)cc1. The first kappa shape index (κ1) is 20.9. The number of hydrogen-bond donors (Lipinski definition) is 2. The Kier molecular flexibility index (Phi) is 6.59. The van der Waals surface area contributed by atoms with Gasteiger partial charge in [-0.25, -0.2) is 12.8 Å². The molecule has 1 amide bonds. The summed E-state index contributed by atoms with van der Waals surface area (Å²) in [4.78, 5) is 12.2. The zero-order chi connectivity index (χ0) is 20.1. The van der Waals surface area contributed by atoms with E-state index in [1.54, 1.807) is 36.4 Å². The van der Waals surface area contributed by atoms with Crippen molar-refractivity contribution in [3.05, 3.63) is 54.1 Å². The number of hydrogen-bond acceptors (Lipinski definition) is 3. The van der Waals surface area contributed by atoms with Gasteiger partial charge in [-0.2, -0.15) is 0 Å². The Hall–Kier alpha value is -2.41. The molecule has 0 bridgehead atoms. The van der Waals surface area contributed by atoms with Crippen molar-refractivity contribution in [1.82, 2.24) is 0 Å². The van der Waals surface area contributed by atoms with E-state index in [-0.39, 0.29) is 4.90 Å². The molecule has 2 N–H and O–H groups in total. The van der Waals surface area contributed by atoms with Gasteiger partial charge in [-0.05, 0) is 62.2 Å². The highest BCUT2D eigenvalue weighted by atomic mass is 32.2. The molecule has 0 aliphatic rings. The number of carbonyl (C=O) groups excluding carboxylic acids is 1. The molecule has 0 unspecified atom stereocenters. The summed E-state index contributed by atoms with van der Waals surface area (Å²) < 4.78 is 40.3. The number of alkyl halides is 1. The first-order chi connectivity index (χ1) is 12.7. The van der Waals surface area contributed by atoms with Gasteiger partial charge in [0, 0.05) is 11.4 Å². The summed E-state index contributed by atoms with van der Waals surface area (Å²) in [5, 5.41) is 2.62. The van der Waals surface area contributed by atoms with E-state index in [9.17, 15) is 17.6 Å². The summed E-state index contributed by atoms with van der Waals surface area (Å²) in [6.07, 6.45) is 1.90. The van der Waals surface area contributed by atoms with Crippen LogP contribution in [0.25, 0.3) is 0 Å². The summed E-state index contributed by atoms with van der Waals surface area (Å²) >= 11 is 0. The lowest BCUT2D eigenvalue weighted by molar-refractivity contribution is -0.124. The van der Waals surface area contributed by atoms with Gasteiger partial charge in [0.1, 0.15) is 6.67 Å². The monoisotopic (exact) mass is 392 g/mol. The van der Waals surface area contributed by atoms with E-state index in [2.05, 4.69) is 17.0 Å². The van der Waals surface area contributed by atoms with E-state index < -0.39 is 28.0 Å². The molecular formula is C20H25FN2O3S. The van der Waals surface area contributed by atoms with Crippen LogP contribution in [0.3, 0.4) is 0 Å². The lowest BCUT2D eigenvalue weighted by atomic mass is 9.94. The molecule has 0 saturated carbocycles. The van der Waals surface area contributed by atoms with E-state index in [1.807, 2.05) is 12.1 Å². The van der Waals surface area contributed by atoms with Gasteiger partial charge in [-0.3, -0.25) is 9.52 Å². The van der Waals surface area contributed by atoms with Crippen molar-refractivity contribution in [3.63, 3.8) is 0 Å². The fourth-order valence-corrected chi connectivity index (χ4v) is 3.38. The van der Waals surface area contributed by atoms with Crippen LogP contribution in [0.5, 0.6) is 0 Å². The Morgan fingerprint density at radius 1 is 1.00 bits per heavy atom. The number of nitrogens with one attached hydrogen (secondary N) is 2. The second-order valence-electron chi connectivity index (χ2n) is 7.05. The minimum atomic E-state index is -3.70. The number of amides is 1. The Morgan fingerprint density at radius 2 is 1.56 bits per heavy atom. The largest absolute Gasteiger partial charge is 0.326 e. The molecule has 0 atom stereocenters. The molecule has 0 saturated heterocycles. The average molecular weight is 392 g/mol. The first-order valence-corrected chi connectivity index (χ1v) is 10.3. The van der Waals surface area contributed by atoms with Crippen molar-refractivity contribution in [2.24, 2.45) is 5.41 Å². The molecule has 0 fully saturated rings. The van der Waals surface area contributed by atoms with Crippen molar-refractivity contribution in [2.75, 3.05) is 16.7 Å². The van der Waals surface area contributed by atoms with E-state index in [0.29, 0.717) is 11.4 Å². The molecule has 27 heavy (non-hydrogen) atoms. The van der Waals surface area contributed by atoms with E-state index in [4.69, 9.17) is 0 Å². The molecular weight excluding hydrogens is 367 g/mol. The summed E-state index contributed by atoms with van der Waals surface area (Å²) in [6.45, 7) is 4.32. The van der Waals surface area contributed by atoms with Crippen LogP contribution in [-0.4, -0.2) is 21.0 Å². The first-order valence-electron chi connectivity index (χ1n) is 8.77. The molecule has 7 heteroatoms. The van der Waals surface area contributed by atoms with Gasteiger partial charge in [-0.15, -0.1) is 0 Å². The predicted molar refractivity (Wildman–Crippen MR) is 106 cm³/mol.